The van der Waals surface area contributed by atoms with Crippen molar-refractivity contribution < 1.29 is 37.8 Å². The minimum atomic E-state index is -0.871. The number of esters is 1. The maximum atomic E-state index is 14.5. The SMILES string of the molecule is CCCC(NC(=O)c1cccc2c1nc(C)n2CCOCCCn1c(C(=O)OC(C)(C)C)c(CCCOc2cccc3cc(F)ccc23)c2ccc(Cl)c(-c3c(C)nn(C)c3C)c21)C(=O)NC=O. The number of amides is 3. The third-order valence-electron chi connectivity index (χ3n) is 12.0. The van der Waals surface area contributed by atoms with Crippen molar-refractivity contribution in [3.8, 4) is 16.9 Å². The molecule has 0 bridgehead atoms. The van der Waals surface area contributed by atoms with Crippen LogP contribution in [0.15, 0.2) is 66.7 Å². The fourth-order valence-corrected chi connectivity index (χ4v) is 9.19. The van der Waals surface area contributed by atoms with E-state index >= 15 is 0 Å². The lowest BCUT2D eigenvalue weighted by Crippen LogP contribution is -2.46. The first-order valence-electron chi connectivity index (χ1n) is 23.0. The van der Waals surface area contributed by atoms with Crippen LogP contribution in [0, 0.1) is 26.6 Å². The highest BCUT2D eigenvalue weighted by Crippen LogP contribution is 2.42. The predicted octanol–water partition coefficient (Wildman–Crippen LogP) is 9.51. The number of ether oxygens (including phenoxy) is 3. The molecular weight excluding hydrogens is 889 g/mol. The molecule has 68 heavy (non-hydrogen) atoms. The Bertz CT molecular complexity index is 3020. The fourth-order valence-electron chi connectivity index (χ4n) is 8.95. The summed E-state index contributed by atoms with van der Waals surface area (Å²) in [4.78, 5) is 56.1. The molecule has 358 valence electrons. The van der Waals surface area contributed by atoms with E-state index in [1.807, 2.05) is 106 Å². The smallest absolute Gasteiger partial charge is 0.355 e. The van der Waals surface area contributed by atoms with Crippen LogP contribution >= 0.6 is 11.6 Å². The summed E-state index contributed by atoms with van der Waals surface area (Å²) in [5.74, 6) is -0.472. The van der Waals surface area contributed by atoms with Crippen LogP contribution in [0.3, 0.4) is 0 Å². The molecule has 0 aliphatic rings. The summed E-state index contributed by atoms with van der Waals surface area (Å²) >= 11 is 7.16. The Morgan fingerprint density at radius 1 is 0.912 bits per heavy atom. The Morgan fingerprint density at radius 2 is 1.68 bits per heavy atom. The van der Waals surface area contributed by atoms with Gasteiger partial charge >= 0.3 is 5.97 Å². The number of halogens is 2. The summed E-state index contributed by atoms with van der Waals surface area (Å²) in [5.41, 5.74) is 6.22. The standard InChI is InChI=1S/C52H59ClFN7O7/c1-9-14-41(50(64)55-30-62)57-49(63)39-16-11-18-42-46(39)56-33(4)60(42)25-28-66-26-13-24-61-47-38(22-23-40(53)45(47)44-31(2)58-59(8)32(44)3)37(48(61)51(65)68-52(5,6)7)17-12-27-67-43-19-10-15-34-29-35(54)20-21-36(34)43/h10-11,15-16,18-23,29-30,41H,9,12-14,17,24-28H2,1-8H3,(H,57,63)(H,55,62,64). The average Bonchev–Trinajstić information content (AvgIpc) is 3.87. The highest BCUT2D eigenvalue weighted by Gasteiger charge is 2.31. The zero-order chi connectivity index (χ0) is 48.9. The molecular formula is C52H59ClFN7O7. The molecule has 16 heteroatoms. The molecule has 0 spiro atoms. The van der Waals surface area contributed by atoms with E-state index < -0.39 is 29.4 Å². The molecule has 14 nitrogen and oxygen atoms in total. The van der Waals surface area contributed by atoms with Crippen molar-refractivity contribution in [2.75, 3.05) is 19.8 Å². The number of carbonyl (C=O) groups excluding carboxylic acids is 4. The molecule has 7 aromatic rings. The van der Waals surface area contributed by atoms with Gasteiger partial charge < -0.3 is 28.7 Å². The number of nitrogens with zero attached hydrogens (tertiary/aromatic N) is 5. The number of rotatable bonds is 20. The van der Waals surface area contributed by atoms with Gasteiger partial charge in [-0.2, -0.15) is 5.10 Å². The lowest BCUT2D eigenvalue weighted by Gasteiger charge is -2.21. The summed E-state index contributed by atoms with van der Waals surface area (Å²) in [6.45, 7) is 15.1. The van der Waals surface area contributed by atoms with Crippen molar-refractivity contribution in [2.45, 2.75) is 105 Å². The zero-order valence-corrected chi connectivity index (χ0v) is 40.7. The van der Waals surface area contributed by atoms with Gasteiger partial charge in [-0.1, -0.05) is 49.2 Å². The number of aryl methyl sites for hydroxylation is 5. The Morgan fingerprint density at radius 3 is 2.40 bits per heavy atom. The number of nitrogens with one attached hydrogen (secondary N) is 2. The number of imidazole rings is 1. The van der Waals surface area contributed by atoms with Gasteiger partial charge in [0.05, 0.1) is 40.5 Å². The molecule has 2 N–H and O–H groups in total. The third kappa shape index (κ3) is 10.6. The van der Waals surface area contributed by atoms with E-state index in [1.165, 1.54) is 12.1 Å². The van der Waals surface area contributed by atoms with Crippen molar-refractivity contribution in [3.63, 3.8) is 0 Å². The van der Waals surface area contributed by atoms with Crippen LogP contribution in [0.2, 0.25) is 5.02 Å². The molecule has 3 aromatic heterocycles. The fraction of sp³-hybridized carbons (Fsp3) is 0.385. The number of imide groups is 1. The lowest BCUT2D eigenvalue weighted by molar-refractivity contribution is -0.126. The molecule has 3 amide bonds. The van der Waals surface area contributed by atoms with Crippen LogP contribution < -0.4 is 15.4 Å². The minimum absolute atomic E-state index is 0.308. The Kier molecular flexibility index (Phi) is 15.3. The van der Waals surface area contributed by atoms with Crippen LogP contribution in [0.5, 0.6) is 5.75 Å². The van der Waals surface area contributed by atoms with Crippen LogP contribution in [0.4, 0.5) is 4.39 Å². The molecule has 0 radical (unpaired) electrons. The van der Waals surface area contributed by atoms with Crippen LogP contribution in [-0.4, -0.2) is 79.6 Å². The van der Waals surface area contributed by atoms with Gasteiger partial charge in [-0.25, -0.2) is 14.2 Å². The van der Waals surface area contributed by atoms with E-state index in [-0.39, 0.29) is 5.82 Å². The van der Waals surface area contributed by atoms with Gasteiger partial charge in [0, 0.05) is 54.3 Å². The lowest BCUT2D eigenvalue weighted by atomic mass is 9.98. The minimum Gasteiger partial charge on any atom is -0.493 e. The number of carbonyl (C=O) groups is 4. The van der Waals surface area contributed by atoms with E-state index in [2.05, 4.69) is 10.6 Å². The van der Waals surface area contributed by atoms with Crippen molar-refractivity contribution in [2.24, 2.45) is 7.05 Å². The number of para-hydroxylation sites is 1. The highest BCUT2D eigenvalue weighted by atomic mass is 35.5. The van der Waals surface area contributed by atoms with Gasteiger partial charge in [0.2, 0.25) is 12.3 Å². The molecule has 3 heterocycles. The maximum Gasteiger partial charge on any atom is 0.355 e. The molecule has 0 aliphatic carbocycles. The summed E-state index contributed by atoms with van der Waals surface area (Å²) in [5, 5.41) is 12.6. The molecule has 1 unspecified atom stereocenters. The van der Waals surface area contributed by atoms with E-state index in [4.69, 9.17) is 35.9 Å². The van der Waals surface area contributed by atoms with Crippen molar-refractivity contribution >= 4 is 68.5 Å². The van der Waals surface area contributed by atoms with Crippen LogP contribution in [-0.2, 0) is 45.6 Å². The summed E-state index contributed by atoms with van der Waals surface area (Å²) < 4.78 is 38.6. The number of aromatic nitrogens is 5. The van der Waals surface area contributed by atoms with Gasteiger partial charge in [0.1, 0.15) is 40.2 Å². The molecule has 0 aliphatic heterocycles. The molecule has 1 atom stereocenters. The number of fused-ring (bicyclic) bond motifs is 3. The topological polar surface area (TPSA) is 161 Å². The average molecular weight is 949 g/mol. The Hall–Kier alpha value is -6.58. The number of benzene rings is 4. The second-order valence-corrected chi connectivity index (χ2v) is 18.3. The zero-order valence-electron chi connectivity index (χ0n) is 39.9. The quantitative estimate of drug-likeness (QED) is 0.0431. The van der Waals surface area contributed by atoms with Gasteiger partial charge in [-0.3, -0.25) is 24.4 Å². The van der Waals surface area contributed by atoms with Gasteiger partial charge in [-0.05, 0) is 121 Å². The normalized spacial score (nSPS) is 12.2. The van der Waals surface area contributed by atoms with Gasteiger partial charge in [0.15, 0.2) is 0 Å². The molecule has 7 rings (SSSR count). The second-order valence-electron chi connectivity index (χ2n) is 17.9. The Labute approximate surface area is 400 Å². The number of hydrogen-bond donors (Lipinski definition) is 2. The van der Waals surface area contributed by atoms with Crippen molar-refractivity contribution in [1.82, 2.24) is 34.5 Å². The van der Waals surface area contributed by atoms with Crippen LogP contribution in [0.1, 0.15) is 97.0 Å². The first-order valence-corrected chi connectivity index (χ1v) is 23.4. The van der Waals surface area contributed by atoms with E-state index in [1.54, 1.807) is 18.2 Å². The van der Waals surface area contributed by atoms with Crippen molar-refractivity contribution in [1.29, 1.82) is 0 Å². The molecule has 0 saturated heterocycles. The molecule has 4 aromatic carbocycles. The summed E-state index contributed by atoms with van der Waals surface area (Å²) in [6.07, 6.45) is 2.87. The van der Waals surface area contributed by atoms with E-state index in [0.717, 1.165) is 55.3 Å². The van der Waals surface area contributed by atoms with Gasteiger partial charge in [-0.15, -0.1) is 0 Å². The largest absolute Gasteiger partial charge is 0.493 e. The van der Waals surface area contributed by atoms with Crippen LogP contribution in [0.25, 0.3) is 43.8 Å². The first-order chi connectivity index (χ1) is 32.5. The second kappa shape index (κ2) is 21.2. The summed E-state index contributed by atoms with van der Waals surface area (Å²) in [6, 6.07) is 18.5. The van der Waals surface area contributed by atoms with E-state index in [9.17, 15) is 23.6 Å². The Balaban J connectivity index is 1.15. The molecule has 0 saturated carbocycles. The van der Waals surface area contributed by atoms with Crippen molar-refractivity contribution in [3.05, 3.63) is 112 Å². The predicted molar refractivity (Wildman–Crippen MR) is 262 cm³/mol. The maximum absolute atomic E-state index is 14.5. The first kappa shape index (κ1) is 49.3. The highest BCUT2D eigenvalue weighted by molar-refractivity contribution is 6.35. The van der Waals surface area contributed by atoms with E-state index in [0.29, 0.717) is 105 Å². The summed E-state index contributed by atoms with van der Waals surface area (Å²) in [7, 11) is 1.90. The number of hydrogen-bond acceptors (Lipinski definition) is 9. The molecule has 0 fully saturated rings. The van der Waals surface area contributed by atoms with Gasteiger partial charge in [0.25, 0.3) is 5.91 Å². The monoisotopic (exact) mass is 947 g/mol. The third-order valence-corrected chi connectivity index (χ3v) is 12.3.